The maximum Gasteiger partial charge on any atom is 0.107 e. The number of fused-ring (bicyclic) bond motifs is 1. The van der Waals surface area contributed by atoms with Crippen LogP contribution in [0.25, 0.3) is 0 Å². The highest BCUT2D eigenvalue weighted by Gasteiger charge is 2.15. The first-order valence-corrected chi connectivity index (χ1v) is 4.84. The van der Waals surface area contributed by atoms with Crippen LogP contribution in [0.3, 0.4) is 0 Å². The Hall–Kier alpha value is -0.410. The third-order valence-electron chi connectivity index (χ3n) is 1.97. The molecule has 0 amide bonds. The lowest BCUT2D eigenvalue weighted by atomic mass is 10.4. The molecule has 1 N–H and O–H groups in total. The van der Waals surface area contributed by atoms with Crippen LogP contribution >= 0.6 is 11.3 Å². The minimum atomic E-state index is 0.928. The SMILES string of the molecule is CNCc1nc2c(s1)CCC2. The number of aryl methyl sites for hydroxylation is 2. The lowest BCUT2D eigenvalue weighted by Crippen LogP contribution is -2.04. The Morgan fingerprint density at radius 3 is 3.18 bits per heavy atom. The van der Waals surface area contributed by atoms with E-state index < -0.39 is 0 Å². The Balaban J connectivity index is 2.20. The van der Waals surface area contributed by atoms with Crippen molar-refractivity contribution in [2.24, 2.45) is 0 Å². The van der Waals surface area contributed by atoms with Gasteiger partial charge in [0.05, 0.1) is 5.69 Å². The van der Waals surface area contributed by atoms with Crippen molar-refractivity contribution < 1.29 is 0 Å². The third-order valence-corrected chi connectivity index (χ3v) is 3.13. The monoisotopic (exact) mass is 168 g/mol. The molecule has 0 aromatic carbocycles. The highest BCUT2D eigenvalue weighted by Crippen LogP contribution is 2.27. The lowest BCUT2D eigenvalue weighted by molar-refractivity contribution is 0.800. The molecule has 0 spiro atoms. The predicted molar refractivity (Wildman–Crippen MR) is 46.9 cm³/mol. The van der Waals surface area contributed by atoms with Gasteiger partial charge < -0.3 is 5.32 Å². The van der Waals surface area contributed by atoms with Crippen molar-refractivity contribution in [1.82, 2.24) is 10.3 Å². The third kappa shape index (κ3) is 1.30. The number of hydrogen-bond acceptors (Lipinski definition) is 3. The minimum absolute atomic E-state index is 0.928. The molecule has 11 heavy (non-hydrogen) atoms. The molecule has 2 rings (SSSR count). The van der Waals surface area contributed by atoms with Gasteiger partial charge in [-0.05, 0) is 26.3 Å². The van der Waals surface area contributed by atoms with Gasteiger partial charge in [0, 0.05) is 11.4 Å². The summed E-state index contributed by atoms with van der Waals surface area (Å²) >= 11 is 1.87. The molecule has 2 nitrogen and oxygen atoms in total. The van der Waals surface area contributed by atoms with Crippen molar-refractivity contribution >= 4 is 11.3 Å². The van der Waals surface area contributed by atoms with E-state index in [-0.39, 0.29) is 0 Å². The average molecular weight is 168 g/mol. The van der Waals surface area contributed by atoms with Gasteiger partial charge in [0.1, 0.15) is 5.01 Å². The summed E-state index contributed by atoms with van der Waals surface area (Å²) < 4.78 is 0. The predicted octanol–water partition coefficient (Wildman–Crippen LogP) is 1.35. The smallest absolute Gasteiger partial charge is 0.107 e. The molecule has 1 heterocycles. The van der Waals surface area contributed by atoms with E-state index in [1.807, 2.05) is 18.4 Å². The molecule has 0 aliphatic heterocycles. The molecule has 0 unspecified atom stereocenters. The van der Waals surface area contributed by atoms with Gasteiger partial charge in [0.2, 0.25) is 0 Å². The fourth-order valence-corrected chi connectivity index (χ4v) is 2.64. The summed E-state index contributed by atoms with van der Waals surface area (Å²) in [7, 11) is 1.96. The molecule has 1 aliphatic rings. The number of thiazole rings is 1. The van der Waals surface area contributed by atoms with Crippen LogP contribution in [0.5, 0.6) is 0 Å². The fourth-order valence-electron chi connectivity index (χ4n) is 1.47. The van der Waals surface area contributed by atoms with Gasteiger partial charge in [-0.2, -0.15) is 0 Å². The zero-order valence-electron chi connectivity index (χ0n) is 6.68. The van der Waals surface area contributed by atoms with Crippen molar-refractivity contribution in [3.05, 3.63) is 15.6 Å². The van der Waals surface area contributed by atoms with E-state index in [0.29, 0.717) is 0 Å². The Morgan fingerprint density at radius 2 is 2.45 bits per heavy atom. The van der Waals surface area contributed by atoms with Crippen LogP contribution in [0.4, 0.5) is 0 Å². The largest absolute Gasteiger partial charge is 0.314 e. The van der Waals surface area contributed by atoms with Crippen LogP contribution in [0.1, 0.15) is 22.0 Å². The number of rotatable bonds is 2. The summed E-state index contributed by atoms with van der Waals surface area (Å²) in [6, 6.07) is 0. The van der Waals surface area contributed by atoms with E-state index in [2.05, 4.69) is 10.3 Å². The van der Waals surface area contributed by atoms with Crippen LogP contribution in [0.2, 0.25) is 0 Å². The first kappa shape index (κ1) is 7.25. The summed E-state index contributed by atoms with van der Waals surface area (Å²) in [6.45, 7) is 0.928. The molecular formula is C8H12N2S. The molecule has 0 fully saturated rings. The summed E-state index contributed by atoms with van der Waals surface area (Å²) in [5, 5.41) is 4.37. The first-order valence-electron chi connectivity index (χ1n) is 4.02. The first-order chi connectivity index (χ1) is 5.40. The van der Waals surface area contributed by atoms with Crippen molar-refractivity contribution in [2.45, 2.75) is 25.8 Å². The molecular weight excluding hydrogens is 156 g/mol. The highest BCUT2D eigenvalue weighted by atomic mass is 32.1. The normalized spacial score (nSPS) is 15.4. The van der Waals surface area contributed by atoms with Crippen molar-refractivity contribution in [2.75, 3.05) is 7.05 Å². The van der Waals surface area contributed by atoms with E-state index in [4.69, 9.17) is 0 Å². The van der Waals surface area contributed by atoms with E-state index in [1.54, 1.807) is 0 Å². The summed E-state index contributed by atoms with van der Waals surface area (Å²) in [4.78, 5) is 6.06. The maximum atomic E-state index is 4.54. The molecule has 1 aliphatic carbocycles. The zero-order chi connectivity index (χ0) is 7.68. The van der Waals surface area contributed by atoms with E-state index in [9.17, 15) is 0 Å². The Labute approximate surface area is 70.7 Å². The van der Waals surface area contributed by atoms with Crippen LogP contribution in [-0.2, 0) is 19.4 Å². The number of aromatic nitrogens is 1. The van der Waals surface area contributed by atoms with Gasteiger partial charge in [-0.3, -0.25) is 0 Å². The maximum absolute atomic E-state index is 4.54. The molecule has 0 bridgehead atoms. The van der Waals surface area contributed by atoms with E-state index in [0.717, 1.165) is 6.54 Å². The molecule has 0 saturated heterocycles. The van der Waals surface area contributed by atoms with Crippen molar-refractivity contribution in [1.29, 1.82) is 0 Å². The highest BCUT2D eigenvalue weighted by molar-refractivity contribution is 7.11. The van der Waals surface area contributed by atoms with Gasteiger partial charge in [0.15, 0.2) is 0 Å². The summed E-state index contributed by atoms with van der Waals surface area (Å²) in [5.41, 5.74) is 1.36. The molecule has 1 aromatic rings. The zero-order valence-corrected chi connectivity index (χ0v) is 7.50. The Kier molecular flexibility index (Phi) is 1.92. The van der Waals surface area contributed by atoms with Crippen LogP contribution in [-0.4, -0.2) is 12.0 Å². The van der Waals surface area contributed by atoms with Gasteiger partial charge in [-0.15, -0.1) is 11.3 Å². The Bertz CT molecular complexity index is 233. The summed E-state index contributed by atoms with van der Waals surface area (Å²) in [6.07, 6.45) is 3.78. The second-order valence-electron chi connectivity index (χ2n) is 2.86. The quantitative estimate of drug-likeness (QED) is 0.721. The van der Waals surface area contributed by atoms with Crippen molar-refractivity contribution in [3.63, 3.8) is 0 Å². The molecule has 1 aromatic heterocycles. The van der Waals surface area contributed by atoms with Crippen LogP contribution in [0, 0.1) is 0 Å². The standard InChI is InChI=1S/C8H12N2S/c1-9-5-8-10-6-3-2-4-7(6)11-8/h9H,2-5H2,1H3. The average Bonchev–Trinajstić information content (AvgIpc) is 2.46. The molecule has 60 valence electrons. The second-order valence-corrected chi connectivity index (χ2v) is 4.03. The van der Waals surface area contributed by atoms with E-state index in [1.165, 1.54) is 34.8 Å². The second kappa shape index (κ2) is 2.91. The fraction of sp³-hybridized carbons (Fsp3) is 0.625. The molecule has 0 atom stereocenters. The minimum Gasteiger partial charge on any atom is -0.314 e. The van der Waals surface area contributed by atoms with E-state index >= 15 is 0 Å². The van der Waals surface area contributed by atoms with Gasteiger partial charge in [-0.25, -0.2) is 4.98 Å². The van der Waals surface area contributed by atoms with Crippen molar-refractivity contribution in [3.8, 4) is 0 Å². The van der Waals surface area contributed by atoms with Gasteiger partial charge in [-0.1, -0.05) is 0 Å². The van der Waals surface area contributed by atoms with Gasteiger partial charge in [0.25, 0.3) is 0 Å². The lowest BCUT2D eigenvalue weighted by Gasteiger charge is -1.91. The number of hydrogen-bond donors (Lipinski definition) is 1. The number of nitrogens with zero attached hydrogens (tertiary/aromatic N) is 1. The number of nitrogens with one attached hydrogen (secondary N) is 1. The van der Waals surface area contributed by atoms with Gasteiger partial charge >= 0.3 is 0 Å². The molecule has 0 saturated carbocycles. The summed E-state index contributed by atoms with van der Waals surface area (Å²) in [5.74, 6) is 0. The molecule has 3 heteroatoms. The van der Waals surface area contributed by atoms with Crippen LogP contribution in [0.15, 0.2) is 0 Å². The molecule has 0 radical (unpaired) electrons. The van der Waals surface area contributed by atoms with Crippen LogP contribution < -0.4 is 5.32 Å². The Morgan fingerprint density at radius 1 is 1.55 bits per heavy atom. The topological polar surface area (TPSA) is 24.9 Å².